The Morgan fingerprint density at radius 1 is 1.42 bits per heavy atom. The number of hydrogen-bond acceptors (Lipinski definition) is 5. The van der Waals surface area contributed by atoms with E-state index in [9.17, 15) is 0 Å². The zero-order chi connectivity index (χ0) is 14.3. The zero-order valence-corrected chi connectivity index (χ0v) is 12.5. The third kappa shape index (κ3) is 3.92. The van der Waals surface area contributed by atoms with Gasteiger partial charge in [-0.1, -0.05) is 13.8 Å². The van der Waals surface area contributed by atoms with Crippen molar-refractivity contribution < 1.29 is 4.74 Å². The standard InChI is InChI=1S/C13H27N5O/c1-5-17(6-2)9-8-11(16-14)13-12(19-4)10-15-18(13)7-3/h10-11,16H,5-9,14H2,1-4H3. The monoisotopic (exact) mass is 269 g/mol. The van der Waals surface area contributed by atoms with Crippen molar-refractivity contribution in [3.8, 4) is 5.75 Å². The van der Waals surface area contributed by atoms with Crippen molar-refractivity contribution >= 4 is 0 Å². The Bertz CT molecular complexity index is 340. The van der Waals surface area contributed by atoms with E-state index < -0.39 is 0 Å². The largest absolute Gasteiger partial charge is 0.493 e. The molecule has 0 radical (unpaired) electrons. The molecule has 1 unspecified atom stereocenters. The molecule has 6 heteroatoms. The van der Waals surface area contributed by atoms with E-state index in [-0.39, 0.29) is 6.04 Å². The highest BCUT2D eigenvalue weighted by molar-refractivity contribution is 5.28. The summed E-state index contributed by atoms with van der Waals surface area (Å²) in [7, 11) is 1.67. The normalized spacial score (nSPS) is 12.9. The number of methoxy groups -OCH3 is 1. The maximum Gasteiger partial charge on any atom is 0.161 e. The second-order valence-electron chi connectivity index (χ2n) is 4.45. The van der Waals surface area contributed by atoms with Gasteiger partial charge in [0.15, 0.2) is 5.75 Å². The van der Waals surface area contributed by atoms with Crippen molar-refractivity contribution in [2.24, 2.45) is 5.84 Å². The van der Waals surface area contributed by atoms with Crippen molar-refractivity contribution in [3.63, 3.8) is 0 Å². The van der Waals surface area contributed by atoms with Gasteiger partial charge in [0, 0.05) is 13.1 Å². The molecule has 0 aliphatic heterocycles. The van der Waals surface area contributed by atoms with Crippen LogP contribution in [-0.4, -0.2) is 41.4 Å². The molecule has 0 spiro atoms. The molecule has 1 atom stereocenters. The molecule has 0 saturated carbocycles. The summed E-state index contributed by atoms with van der Waals surface area (Å²) in [5.74, 6) is 6.51. The van der Waals surface area contributed by atoms with Gasteiger partial charge in [0.2, 0.25) is 0 Å². The lowest BCUT2D eigenvalue weighted by Gasteiger charge is -2.23. The molecule has 110 valence electrons. The molecule has 0 aliphatic rings. The molecular weight excluding hydrogens is 242 g/mol. The molecule has 0 saturated heterocycles. The minimum Gasteiger partial charge on any atom is -0.493 e. The number of nitrogens with one attached hydrogen (secondary N) is 1. The molecule has 6 nitrogen and oxygen atoms in total. The van der Waals surface area contributed by atoms with Gasteiger partial charge in [-0.25, -0.2) is 0 Å². The van der Waals surface area contributed by atoms with E-state index in [1.54, 1.807) is 13.3 Å². The predicted molar refractivity (Wildman–Crippen MR) is 76.9 cm³/mol. The summed E-state index contributed by atoms with van der Waals surface area (Å²) in [4.78, 5) is 2.38. The molecule has 1 rings (SSSR count). The van der Waals surface area contributed by atoms with E-state index in [0.29, 0.717) is 0 Å². The Morgan fingerprint density at radius 2 is 2.11 bits per heavy atom. The molecule has 0 amide bonds. The fourth-order valence-electron chi connectivity index (χ4n) is 2.29. The first-order valence-corrected chi connectivity index (χ1v) is 6.99. The molecule has 3 N–H and O–H groups in total. The van der Waals surface area contributed by atoms with Gasteiger partial charge >= 0.3 is 0 Å². The Morgan fingerprint density at radius 3 is 2.58 bits per heavy atom. The number of rotatable bonds is 9. The highest BCUT2D eigenvalue weighted by Gasteiger charge is 2.20. The summed E-state index contributed by atoms with van der Waals surface area (Å²) < 4.78 is 7.31. The van der Waals surface area contributed by atoms with Gasteiger partial charge in [0.1, 0.15) is 0 Å². The van der Waals surface area contributed by atoms with E-state index in [4.69, 9.17) is 10.6 Å². The van der Waals surface area contributed by atoms with Crippen LogP contribution in [0.15, 0.2) is 6.20 Å². The second-order valence-corrected chi connectivity index (χ2v) is 4.45. The number of nitrogens with zero attached hydrogens (tertiary/aromatic N) is 3. The fraction of sp³-hybridized carbons (Fsp3) is 0.769. The van der Waals surface area contributed by atoms with E-state index in [1.807, 2.05) is 4.68 Å². The van der Waals surface area contributed by atoms with Crippen molar-refractivity contribution in [2.45, 2.75) is 39.8 Å². The van der Waals surface area contributed by atoms with Crippen LogP contribution >= 0.6 is 0 Å². The van der Waals surface area contributed by atoms with Crippen molar-refractivity contribution in [1.29, 1.82) is 0 Å². The van der Waals surface area contributed by atoms with E-state index in [1.165, 1.54) is 0 Å². The Labute approximate surface area is 115 Å². The van der Waals surface area contributed by atoms with Gasteiger partial charge in [0.05, 0.1) is 25.0 Å². The van der Waals surface area contributed by atoms with Crippen LogP contribution in [0.4, 0.5) is 0 Å². The number of hydrogen-bond donors (Lipinski definition) is 2. The lowest BCUT2D eigenvalue weighted by molar-refractivity contribution is 0.276. The zero-order valence-electron chi connectivity index (χ0n) is 12.5. The van der Waals surface area contributed by atoms with Gasteiger partial charge in [-0.15, -0.1) is 0 Å². The molecule has 1 aromatic rings. The average molecular weight is 269 g/mol. The van der Waals surface area contributed by atoms with Gasteiger partial charge in [-0.05, 0) is 26.4 Å². The molecule has 0 fully saturated rings. The lowest BCUT2D eigenvalue weighted by Crippen LogP contribution is -2.34. The van der Waals surface area contributed by atoms with Crippen LogP contribution in [-0.2, 0) is 6.54 Å². The summed E-state index contributed by atoms with van der Waals surface area (Å²) in [5, 5.41) is 4.32. The SMILES string of the molecule is CCN(CC)CCC(NN)c1c(OC)cnn1CC. The number of nitrogens with two attached hydrogens (primary N) is 1. The van der Waals surface area contributed by atoms with Crippen molar-refractivity contribution in [3.05, 3.63) is 11.9 Å². The van der Waals surface area contributed by atoms with E-state index >= 15 is 0 Å². The van der Waals surface area contributed by atoms with Crippen LogP contribution in [0, 0.1) is 0 Å². The van der Waals surface area contributed by atoms with Gasteiger partial charge < -0.3 is 9.64 Å². The summed E-state index contributed by atoms with van der Waals surface area (Å²) in [6.45, 7) is 10.3. The molecule has 0 aliphatic carbocycles. The van der Waals surface area contributed by atoms with Crippen LogP contribution in [0.3, 0.4) is 0 Å². The topological polar surface area (TPSA) is 68.3 Å². The summed E-state index contributed by atoms with van der Waals surface area (Å²) in [5.41, 5.74) is 3.92. The minimum absolute atomic E-state index is 0.0537. The van der Waals surface area contributed by atoms with Crippen LogP contribution in [0.5, 0.6) is 5.75 Å². The van der Waals surface area contributed by atoms with Crippen LogP contribution in [0.1, 0.15) is 38.9 Å². The highest BCUT2D eigenvalue weighted by Crippen LogP contribution is 2.26. The Kier molecular flexibility index (Phi) is 6.83. The van der Waals surface area contributed by atoms with E-state index in [2.05, 4.69) is 36.2 Å². The highest BCUT2D eigenvalue weighted by atomic mass is 16.5. The Balaban J connectivity index is 2.81. The van der Waals surface area contributed by atoms with E-state index in [0.717, 1.165) is 44.0 Å². The molecule has 19 heavy (non-hydrogen) atoms. The first kappa shape index (κ1) is 15.9. The van der Waals surface area contributed by atoms with Gasteiger partial charge in [0.25, 0.3) is 0 Å². The van der Waals surface area contributed by atoms with Crippen molar-refractivity contribution in [2.75, 3.05) is 26.7 Å². The number of aromatic nitrogens is 2. The Hall–Kier alpha value is -1.11. The van der Waals surface area contributed by atoms with Crippen molar-refractivity contribution in [1.82, 2.24) is 20.1 Å². The smallest absolute Gasteiger partial charge is 0.161 e. The molecule has 0 bridgehead atoms. The maximum absolute atomic E-state index is 5.72. The van der Waals surface area contributed by atoms with Gasteiger partial charge in [-0.2, -0.15) is 5.10 Å². The minimum atomic E-state index is 0.0537. The first-order chi connectivity index (χ1) is 9.21. The first-order valence-electron chi connectivity index (χ1n) is 6.99. The third-order valence-corrected chi connectivity index (χ3v) is 3.52. The predicted octanol–water partition coefficient (Wildman–Crippen LogP) is 1.15. The van der Waals surface area contributed by atoms with Gasteiger partial charge in [-0.3, -0.25) is 16.0 Å². The molecule has 1 heterocycles. The lowest BCUT2D eigenvalue weighted by atomic mass is 10.1. The molecule has 1 aromatic heterocycles. The number of aryl methyl sites for hydroxylation is 1. The average Bonchev–Trinajstić information content (AvgIpc) is 2.86. The fourth-order valence-corrected chi connectivity index (χ4v) is 2.29. The summed E-state index contributed by atoms with van der Waals surface area (Å²) in [6.07, 6.45) is 2.68. The third-order valence-electron chi connectivity index (χ3n) is 3.52. The maximum atomic E-state index is 5.72. The van der Waals surface area contributed by atoms with Crippen LogP contribution in [0.25, 0.3) is 0 Å². The molecular formula is C13H27N5O. The number of ether oxygens (including phenoxy) is 1. The summed E-state index contributed by atoms with van der Waals surface area (Å²) in [6, 6.07) is 0.0537. The number of hydrazine groups is 1. The molecule has 0 aromatic carbocycles. The second kappa shape index (κ2) is 8.14. The van der Waals surface area contributed by atoms with Crippen LogP contribution < -0.4 is 16.0 Å². The quantitative estimate of drug-likeness (QED) is 0.520. The summed E-state index contributed by atoms with van der Waals surface area (Å²) >= 11 is 0. The van der Waals surface area contributed by atoms with Crippen LogP contribution in [0.2, 0.25) is 0 Å².